The van der Waals surface area contributed by atoms with Crippen LogP contribution in [0.25, 0.3) is 16.8 Å². The number of rotatable bonds is 12. The Bertz CT molecular complexity index is 2200. The van der Waals surface area contributed by atoms with Gasteiger partial charge in [-0.3, -0.25) is 14.3 Å². The van der Waals surface area contributed by atoms with Gasteiger partial charge in [0.25, 0.3) is 15.9 Å². The molecule has 12 nitrogen and oxygen atoms in total. The number of fused-ring (bicyclic) bond motifs is 1. The molecule has 2 N–H and O–H groups in total. The first-order valence-electron chi connectivity index (χ1n) is 16.2. The molecular weight excluding hydrogens is 695 g/mol. The molecule has 270 valence electrons. The molecule has 0 spiro atoms. The van der Waals surface area contributed by atoms with Crippen molar-refractivity contribution in [3.05, 3.63) is 113 Å². The first-order valence-corrected chi connectivity index (χ1v) is 17.7. The van der Waals surface area contributed by atoms with Gasteiger partial charge in [-0.1, -0.05) is 18.2 Å². The van der Waals surface area contributed by atoms with E-state index in [-0.39, 0.29) is 11.3 Å². The zero-order valence-electron chi connectivity index (χ0n) is 28.8. The van der Waals surface area contributed by atoms with E-state index >= 15 is 8.78 Å². The van der Waals surface area contributed by atoms with Crippen molar-refractivity contribution in [2.45, 2.75) is 37.2 Å². The van der Waals surface area contributed by atoms with Crippen LogP contribution < -0.4 is 19.5 Å². The zero-order valence-corrected chi connectivity index (χ0v) is 29.6. The summed E-state index contributed by atoms with van der Waals surface area (Å²) in [5.41, 5.74) is 3.69. The lowest BCUT2D eigenvalue weighted by Gasteiger charge is -2.30. The Balaban J connectivity index is 1.23. The van der Waals surface area contributed by atoms with Gasteiger partial charge in [-0.25, -0.2) is 26.9 Å². The van der Waals surface area contributed by atoms with E-state index in [4.69, 9.17) is 9.47 Å². The van der Waals surface area contributed by atoms with Gasteiger partial charge in [-0.15, -0.1) is 0 Å². The normalized spacial score (nSPS) is 13.6. The number of Topliss-reactive ketones (excluding diaryl/α,β-unsaturated/α-hetero) is 1. The van der Waals surface area contributed by atoms with Crippen LogP contribution in [0.1, 0.15) is 34.0 Å². The summed E-state index contributed by atoms with van der Waals surface area (Å²) in [6.07, 6.45) is 3.50. The van der Waals surface area contributed by atoms with Crippen LogP contribution in [0.3, 0.4) is 0 Å². The van der Waals surface area contributed by atoms with Crippen LogP contribution in [0, 0.1) is 11.6 Å². The third-order valence-corrected chi connectivity index (χ3v) is 10.4. The average molecular weight is 731 g/mol. The largest absolute Gasteiger partial charge is 0.496 e. The van der Waals surface area contributed by atoms with Crippen LogP contribution in [-0.4, -0.2) is 73.6 Å². The number of carbonyl (C=O) groups excluding carboxylic acids is 2. The second-order valence-electron chi connectivity index (χ2n) is 12.3. The number of carbonyl (C=O) groups is 2. The number of anilines is 1. The molecule has 0 saturated carbocycles. The van der Waals surface area contributed by atoms with Gasteiger partial charge in [0.05, 0.1) is 42.1 Å². The third kappa shape index (κ3) is 7.36. The number of sulfonamides is 1. The third-order valence-electron chi connectivity index (χ3n) is 8.97. The van der Waals surface area contributed by atoms with Crippen LogP contribution in [0.15, 0.2) is 84.3 Å². The Labute approximate surface area is 299 Å². The summed E-state index contributed by atoms with van der Waals surface area (Å²) in [4.78, 5) is 32.0. The fourth-order valence-electron chi connectivity index (χ4n) is 6.36. The molecule has 52 heavy (non-hydrogen) atoms. The first kappa shape index (κ1) is 36.1. The Morgan fingerprint density at radius 3 is 2.23 bits per heavy atom. The standard InChI is InChI=1S/C37H36F2N6O6S/c1-22(46)32(16-23-8-13-28(29-19-44(2)15-14-27(23)29)35-33(50-3)6-5-7-34(35)51-4)42-37(47)36-30(38)17-24(18-31(36)39)43-52(48,49)26-11-9-25(10-12-26)45-21-40-20-41-45/h5-13,17-18,20-21,32,43H,14-16,19H2,1-4H3,(H,42,47). The van der Waals surface area contributed by atoms with Crippen molar-refractivity contribution >= 4 is 27.4 Å². The van der Waals surface area contributed by atoms with E-state index in [1.807, 2.05) is 37.4 Å². The lowest BCUT2D eigenvalue weighted by Crippen LogP contribution is -2.42. The second-order valence-corrected chi connectivity index (χ2v) is 14.0. The quantitative estimate of drug-likeness (QED) is 0.182. The van der Waals surface area contributed by atoms with Gasteiger partial charge < -0.3 is 19.7 Å². The molecule has 5 aromatic rings. The van der Waals surface area contributed by atoms with Gasteiger partial charge in [0.1, 0.15) is 41.4 Å². The SMILES string of the molecule is COc1cccc(OC)c1-c1ccc(CC(NC(=O)c2c(F)cc(NS(=O)(=O)c3ccc(-n4cncn4)cc3)cc2F)C(C)=O)c2c1CN(C)CC2. The molecule has 2 heterocycles. The molecule has 0 saturated heterocycles. The monoisotopic (exact) mass is 730 g/mol. The van der Waals surface area contributed by atoms with Crippen LogP contribution in [0.4, 0.5) is 14.5 Å². The second kappa shape index (κ2) is 14.9. The summed E-state index contributed by atoms with van der Waals surface area (Å²) < 4.78 is 71.6. The molecule has 0 bridgehead atoms. The van der Waals surface area contributed by atoms with Gasteiger partial charge in [0.15, 0.2) is 5.78 Å². The summed E-state index contributed by atoms with van der Waals surface area (Å²) in [5, 5.41) is 6.48. The number of nitrogens with zero attached hydrogens (tertiary/aromatic N) is 4. The number of benzene rings is 4. The highest BCUT2D eigenvalue weighted by Crippen LogP contribution is 2.42. The Hall–Kier alpha value is -5.67. The maximum absolute atomic E-state index is 15.4. The highest BCUT2D eigenvalue weighted by Gasteiger charge is 2.29. The number of aromatic nitrogens is 3. The van der Waals surface area contributed by atoms with Gasteiger partial charge >= 0.3 is 0 Å². The van der Waals surface area contributed by atoms with E-state index < -0.39 is 50.6 Å². The number of hydrogen-bond acceptors (Lipinski definition) is 9. The Morgan fingerprint density at radius 1 is 0.962 bits per heavy atom. The molecule has 4 aromatic carbocycles. The zero-order chi connectivity index (χ0) is 37.2. The van der Waals surface area contributed by atoms with E-state index in [1.54, 1.807) is 14.2 Å². The molecule has 0 aliphatic carbocycles. The van der Waals surface area contributed by atoms with Crippen molar-refractivity contribution in [2.75, 3.05) is 32.5 Å². The van der Waals surface area contributed by atoms with Crippen molar-refractivity contribution in [3.63, 3.8) is 0 Å². The minimum absolute atomic E-state index is 0.0767. The Morgan fingerprint density at radius 2 is 1.63 bits per heavy atom. The van der Waals surface area contributed by atoms with Gasteiger partial charge in [0.2, 0.25) is 0 Å². The number of hydrogen-bond donors (Lipinski definition) is 2. The number of likely N-dealkylation sites (N-methyl/N-ethyl adjacent to an activating group) is 1. The molecule has 6 rings (SSSR count). The topological polar surface area (TPSA) is 145 Å². The molecular formula is C37H36F2N6O6S. The summed E-state index contributed by atoms with van der Waals surface area (Å²) in [6, 6.07) is 15.2. The highest BCUT2D eigenvalue weighted by atomic mass is 32.2. The van der Waals surface area contributed by atoms with Gasteiger partial charge in [0, 0.05) is 19.5 Å². The predicted octanol–water partition coefficient (Wildman–Crippen LogP) is 4.95. The fraction of sp³-hybridized carbons (Fsp3) is 0.243. The van der Waals surface area contributed by atoms with E-state index in [2.05, 4.69) is 25.0 Å². The van der Waals surface area contributed by atoms with Crippen molar-refractivity contribution < 1.29 is 36.3 Å². The maximum atomic E-state index is 15.4. The van der Waals surface area contributed by atoms with Crippen LogP contribution in [0.5, 0.6) is 11.5 Å². The average Bonchev–Trinajstić information content (AvgIpc) is 3.66. The van der Waals surface area contributed by atoms with Crippen molar-refractivity contribution in [1.29, 1.82) is 0 Å². The van der Waals surface area contributed by atoms with Crippen molar-refractivity contribution in [2.24, 2.45) is 0 Å². The molecule has 1 aliphatic rings. The van der Waals surface area contributed by atoms with Crippen LogP contribution >= 0.6 is 0 Å². The molecule has 0 fully saturated rings. The number of halogens is 2. The predicted molar refractivity (Wildman–Crippen MR) is 189 cm³/mol. The van der Waals surface area contributed by atoms with Crippen molar-refractivity contribution in [1.82, 2.24) is 25.0 Å². The van der Waals surface area contributed by atoms with Crippen molar-refractivity contribution in [3.8, 4) is 28.3 Å². The number of ketones is 1. The smallest absolute Gasteiger partial charge is 0.261 e. The summed E-state index contributed by atoms with van der Waals surface area (Å²) in [6.45, 7) is 2.66. The number of amides is 1. The Kier molecular flexibility index (Phi) is 10.4. The van der Waals surface area contributed by atoms with Crippen LogP contribution in [-0.2, 0) is 34.2 Å². The fourth-order valence-corrected chi connectivity index (χ4v) is 7.40. The molecule has 1 unspecified atom stereocenters. The van der Waals surface area contributed by atoms with E-state index in [9.17, 15) is 18.0 Å². The lowest BCUT2D eigenvalue weighted by atomic mass is 9.85. The minimum Gasteiger partial charge on any atom is -0.496 e. The maximum Gasteiger partial charge on any atom is 0.261 e. The van der Waals surface area contributed by atoms with E-state index in [0.29, 0.717) is 42.3 Å². The summed E-state index contributed by atoms with van der Waals surface area (Å²) in [5.74, 6) is -2.92. The molecule has 15 heteroatoms. The van der Waals surface area contributed by atoms with Crippen LogP contribution in [0.2, 0.25) is 0 Å². The van der Waals surface area contributed by atoms with Gasteiger partial charge in [-0.2, -0.15) is 5.10 Å². The number of methoxy groups -OCH3 is 2. The minimum atomic E-state index is -4.26. The summed E-state index contributed by atoms with van der Waals surface area (Å²) >= 11 is 0. The molecule has 0 radical (unpaired) electrons. The first-order chi connectivity index (χ1) is 24.9. The number of ether oxygens (including phenoxy) is 2. The summed E-state index contributed by atoms with van der Waals surface area (Å²) in [7, 11) is 0.925. The molecule has 1 amide bonds. The van der Waals surface area contributed by atoms with E-state index in [1.165, 1.54) is 48.5 Å². The highest BCUT2D eigenvalue weighted by molar-refractivity contribution is 7.92. The number of nitrogens with one attached hydrogen (secondary N) is 2. The molecule has 1 aliphatic heterocycles. The van der Waals surface area contributed by atoms with E-state index in [0.717, 1.165) is 34.4 Å². The van der Waals surface area contributed by atoms with Gasteiger partial charge in [-0.05, 0) is 91.2 Å². The molecule has 1 aromatic heterocycles. The molecule has 1 atom stereocenters. The lowest BCUT2D eigenvalue weighted by molar-refractivity contribution is -0.118.